The lowest BCUT2D eigenvalue weighted by molar-refractivity contribution is 0.0881. The van der Waals surface area contributed by atoms with Crippen molar-refractivity contribution in [2.75, 3.05) is 6.54 Å². The monoisotopic (exact) mass is 251 g/mol. The molecule has 0 aromatic carbocycles. The van der Waals surface area contributed by atoms with Gasteiger partial charge in [-0.2, -0.15) is 0 Å². The second-order valence-electron chi connectivity index (χ2n) is 5.12. The zero-order valence-corrected chi connectivity index (χ0v) is 11.3. The first-order valence-corrected chi connectivity index (χ1v) is 6.02. The molecule has 0 aliphatic heterocycles. The number of nitrogens with two attached hydrogens (primary N) is 1. The fourth-order valence-corrected chi connectivity index (χ4v) is 1.51. The van der Waals surface area contributed by atoms with Crippen LogP contribution in [0.3, 0.4) is 0 Å². The van der Waals surface area contributed by atoms with E-state index < -0.39 is 11.4 Å². The van der Waals surface area contributed by atoms with Crippen molar-refractivity contribution in [1.29, 1.82) is 0 Å². The summed E-state index contributed by atoms with van der Waals surface area (Å²) in [6.45, 7) is 7.92. The number of H-pyrrole nitrogens is 1. The number of aromatic amines is 1. The number of hydrogen-bond donors (Lipinski definition) is 3. The highest BCUT2D eigenvalue weighted by molar-refractivity contribution is 5.94. The molecule has 0 saturated carbocycles. The first-order chi connectivity index (χ1) is 8.30. The molecule has 1 amide bonds. The quantitative estimate of drug-likeness (QED) is 0.739. The standard InChI is InChI=1S/C13H21N3O2/c1-8(2)13(4,7-14)16-12(18)10-6-15-9(3)5-11(10)17/h5-6,8H,7,14H2,1-4H3,(H,15,17)(H,16,18). The van der Waals surface area contributed by atoms with E-state index in [2.05, 4.69) is 10.3 Å². The van der Waals surface area contributed by atoms with Crippen molar-refractivity contribution in [2.45, 2.75) is 33.2 Å². The molecule has 18 heavy (non-hydrogen) atoms. The molecule has 0 radical (unpaired) electrons. The number of aryl methyl sites for hydroxylation is 1. The molecule has 4 N–H and O–H groups in total. The Morgan fingerprint density at radius 3 is 2.61 bits per heavy atom. The van der Waals surface area contributed by atoms with Crippen LogP contribution < -0.4 is 16.5 Å². The zero-order chi connectivity index (χ0) is 13.9. The Kier molecular flexibility index (Phi) is 4.29. The molecule has 1 aromatic rings. The maximum atomic E-state index is 12.1. The molecule has 0 fully saturated rings. The summed E-state index contributed by atoms with van der Waals surface area (Å²) in [5, 5.41) is 2.84. The summed E-state index contributed by atoms with van der Waals surface area (Å²) in [4.78, 5) is 26.6. The molecule has 100 valence electrons. The lowest BCUT2D eigenvalue weighted by Gasteiger charge is -2.33. The van der Waals surface area contributed by atoms with Crippen molar-refractivity contribution >= 4 is 5.91 Å². The van der Waals surface area contributed by atoms with Gasteiger partial charge in [0.05, 0.1) is 5.54 Å². The Morgan fingerprint density at radius 1 is 1.56 bits per heavy atom. The smallest absolute Gasteiger partial charge is 0.257 e. The van der Waals surface area contributed by atoms with Gasteiger partial charge in [-0.05, 0) is 19.8 Å². The van der Waals surface area contributed by atoms with Gasteiger partial charge in [0.2, 0.25) is 0 Å². The Labute approximate surface area is 107 Å². The third kappa shape index (κ3) is 2.98. The van der Waals surface area contributed by atoms with Crippen LogP contribution in [0, 0.1) is 12.8 Å². The normalized spacial score (nSPS) is 14.3. The van der Waals surface area contributed by atoms with E-state index >= 15 is 0 Å². The van der Waals surface area contributed by atoms with Crippen molar-refractivity contribution in [3.05, 3.63) is 33.7 Å². The Balaban J connectivity index is 2.99. The van der Waals surface area contributed by atoms with Crippen molar-refractivity contribution in [3.63, 3.8) is 0 Å². The Morgan fingerprint density at radius 2 is 2.17 bits per heavy atom. The number of carbonyl (C=O) groups excluding carboxylic acids is 1. The van der Waals surface area contributed by atoms with Crippen molar-refractivity contribution in [2.24, 2.45) is 11.7 Å². The van der Waals surface area contributed by atoms with Crippen LogP contribution in [-0.4, -0.2) is 23.0 Å². The third-order valence-corrected chi connectivity index (χ3v) is 3.40. The van der Waals surface area contributed by atoms with Crippen molar-refractivity contribution < 1.29 is 4.79 Å². The largest absolute Gasteiger partial charge is 0.364 e. The topological polar surface area (TPSA) is 88.0 Å². The second-order valence-corrected chi connectivity index (χ2v) is 5.12. The van der Waals surface area contributed by atoms with Crippen LogP contribution in [0.4, 0.5) is 0 Å². The summed E-state index contributed by atoms with van der Waals surface area (Å²) in [6.07, 6.45) is 1.43. The minimum absolute atomic E-state index is 0.112. The van der Waals surface area contributed by atoms with E-state index in [1.807, 2.05) is 20.8 Å². The van der Waals surface area contributed by atoms with Gasteiger partial charge in [0.25, 0.3) is 5.91 Å². The van der Waals surface area contributed by atoms with E-state index in [4.69, 9.17) is 5.73 Å². The predicted octanol–water partition coefficient (Wildman–Crippen LogP) is 0.787. The number of hydrogen-bond acceptors (Lipinski definition) is 3. The summed E-state index contributed by atoms with van der Waals surface area (Å²) in [5.41, 5.74) is 5.73. The highest BCUT2D eigenvalue weighted by atomic mass is 16.2. The average Bonchev–Trinajstić information content (AvgIpc) is 2.28. The first kappa shape index (κ1) is 14.4. The van der Waals surface area contributed by atoms with Crippen LogP contribution >= 0.6 is 0 Å². The van der Waals surface area contributed by atoms with Gasteiger partial charge in [-0.25, -0.2) is 0 Å². The molecule has 5 nitrogen and oxygen atoms in total. The molecule has 1 unspecified atom stereocenters. The van der Waals surface area contributed by atoms with Gasteiger partial charge in [-0.15, -0.1) is 0 Å². The highest BCUT2D eigenvalue weighted by Gasteiger charge is 2.29. The van der Waals surface area contributed by atoms with E-state index in [9.17, 15) is 9.59 Å². The molecule has 5 heteroatoms. The lowest BCUT2D eigenvalue weighted by Crippen LogP contribution is -2.55. The first-order valence-electron chi connectivity index (χ1n) is 6.02. The SMILES string of the molecule is Cc1cc(=O)c(C(=O)NC(C)(CN)C(C)C)c[nH]1. The molecule has 0 bridgehead atoms. The fourth-order valence-electron chi connectivity index (χ4n) is 1.51. The van der Waals surface area contributed by atoms with Gasteiger partial charge >= 0.3 is 0 Å². The predicted molar refractivity (Wildman–Crippen MR) is 71.6 cm³/mol. The summed E-state index contributed by atoms with van der Waals surface area (Å²) in [6, 6.07) is 1.41. The third-order valence-electron chi connectivity index (χ3n) is 3.40. The highest BCUT2D eigenvalue weighted by Crippen LogP contribution is 2.15. The van der Waals surface area contributed by atoms with Crippen molar-refractivity contribution in [3.8, 4) is 0 Å². The van der Waals surface area contributed by atoms with E-state index in [1.54, 1.807) is 6.92 Å². The Hall–Kier alpha value is -1.62. The molecule has 1 atom stereocenters. The summed E-state index contributed by atoms with van der Waals surface area (Å²) in [5.74, 6) is -0.214. The molecular weight excluding hydrogens is 230 g/mol. The minimum Gasteiger partial charge on any atom is -0.364 e. The van der Waals surface area contributed by atoms with Crippen LogP contribution in [0.5, 0.6) is 0 Å². The molecule has 1 rings (SSSR count). The van der Waals surface area contributed by atoms with Gasteiger partial charge in [-0.3, -0.25) is 9.59 Å². The van der Waals surface area contributed by atoms with E-state index in [0.29, 0.717) is 6.54 Å². The molecule has 0 saturated heterocycles. The number of aromatic nitrogens is 1. The van der Waals surface area contributed by atoms with Gasteiger partial charge < -0.3 is 16.0 Å². The van der Waals surface area contributed by atoms with Crippen LogP contribution in [0.25, 0.3) is 0 Å². The van der Waals surface area contributed by atoms with E-state index in [1.165, 1.54) is 12.3 Å². The summed E-state index contributed by atoms with van der Waals surface area (Å²) >= 11 is 0. The number of rotatable bonds is 4. The summed E-state index contributed by atoms with van der Waals surface area (Å²) in [7, 11) is 0. The molecular formula is C13H21N3O2. The van der Waals surface area contributed by atoms with E-state index in [-0.39, 0.29) is 16.9 Å². The van der Waals surface area contributed by atoms with E-state index in [0.717, 1.165) is 5.69 Å². The molecule has 0 aliphatic carbocycles. The van der Waals surface area contributed by atoms with Crippen molar-refractivity contribution in [1.82, 2.24) is 10.3 Å². The second kappa shape index (κ2) is 5.35. The average molecular weight is 251 g/mol. The number of nitrogens with one attached hydrogen (secondary N) is 2. The van der Waals surface area contributed by atoms with Crippen LogP contribution in [-0.2, 0) is 0 Å². The molecule has 1 heterocycles. The molecule has 0 aliphatic rings. The van der Waals surface area contributed by atoms with Gasteiger partial charge in [0.15, 0.2) is 5.43 Å². The lowest BCUT2D eigenvalue weighted by atomic mass is 9.88. The number of amides is 1. The zero-order valence-electron chi connectivity index (χ0n) is 11.3. The number of carbonyl (C=O) groups is 1. The Bertz CT molecular complexity index is 493. The number of pyridine rings is 1. The maximum Gasteiger partial charge on any atom is 0.257 e. The van der Waals surface area contributed by atoms with Crippen LogP contribution in [0.1, 0.15) is 36.8 Å². The maximum absolute atomic E-state index is 12.1. The summed E-state index contributed by atoms with van der Waals surface area (Å²) < 4.78 is 0. The minimum atomic E-state index is -0.519. The fraction of sp³-hybridized carbons (Fsp3) is 0.538. The molecule has 0 spiro atoms. The van der Waals surface area contributed by atoms with Gasteiger partial charge in [0, 0.05) is 24.5 Å². The molecule has 1 aromatic heterocycles. The van der Waals surface area contributed by atoms with Crippen LogP contribution in [0.2, 0.25) is 0 Å². The van der Waals surface area contributed by atoms with Gasteiger partial charge in [-0.1, -0.05) is 13.8 Å². The van der Waals surface area contributed by atoms with Gasteiger partial charge in [0.1, 0.15) is 5.56 Å². The van der Waals surface area contributed by atoms with Crippen LogP contribution in [0.15, 0.2) is 17.1 Å².